The summed E-state index contributed by atoms with van der Waals surface area (Å²) in [6, 6.07) is 11.1. The number of hydrogen-bond donors (Lipinski definition) is 1. The summed E-state index contributed by atoms with van der Waals surface area (Å²) < 4.78 is 69.7. The standard InChI is InChI=1S/C17H21FN2O5S2/c1-20(2)27(23,24)17-9-7-16(8-10-17)25-12-11-19-26(21,22)13-14-3-5-15(18)6-4-14/h3-10,19H,11-13H2,1-2H3. The van der Waals surface area contributed by atoms with Gasteiger partial charge in [0.2, 0.25) is 20.0 Å². The van der Waals surface area contributed by atoms with Crippen LogP contribution in [0.1, 0.15) is 5.56 Å². The third-order valence-electron chi connectivity index (χ3n) is 3.57. The van der Waals surface area contributed by atoms with Crippen molar-refractivity contribution >= 4 is 20.0 Å². The van der Waals surface area contributed by atoms with Crippen molar-refractivity contribution in [1.82, 2.24) is 9.03 Å². The molecule has 1 N–H and O–H groups in total. The number of hydrogen-bond acceptors (Lipinski definition) is 5. The molecule has 2 aromatic rings. The van der Waals surface area contributed by atoms with Gasteiger partial charge >= 0.3 is 0 Å². The first kappa shape index (κ1) is 21.3. The van der Waals surface area contributed by atoms with E-state index in [0.717, 1.165) is 4.31 Å². The van der Waals surface area contributed by atoms with E-state index < -0.39 is 25.9 Å². The van der Waals surface area contributed by atoms with Gasteiger partial charge in [0.15, 0.2) is 0 Å². The average molecular weight is 416 g/mol. The maximum absolute atomic E-state index is 12.8. The Balaban J connectivity index is 1.83. The Morgan fingerprint density at radius 2 is 1.56 bits per heavy atom. The summed E-state index contributed by atoms with van der Waals surface area (Å²) in [5.41, 5.74) is 0.475. The first-order valence-corrected chi connectivity index (χ1v) is 11.1. The minimum absolute atomic E-state index is 0.0429. The Morgan fingerprint density at radius 1 is 0.963 bits per heavy atom. The number of nitrogens with zero attached hydrogens (tertiary/aromatic N) is 1. The fourth-order valence-corrected chi connectivity index (χ4v) is 4.17. The normalized spacial score (nSPS) is 12.3. The lowest BCUT2D eigenvalue weighted by Crippen LogP contribution is -2.29. The lowest BCUT2D eigenvalue weighted by molar-refractivity contribution is 0.322. The molecule has 0 radical (unpaired) electrons. The van der Waals surface area contributed by atoms with Crippen molar-refractivity contribution in [3.8, 4) is 5.75 Å². The van der Waals surface area contributed by atoms with E-state index in [0.29, 0.717) is 11.3 Å². The van der Waals surface area contributed by atoms with E-state index in [1.54, 1.807) is 0 Å². The molecule has 0 bridgehead atoms. The zero-order valence-corrected chi connectivity index (χ0v) is 16.6. The zero-order valence-electron chi connectivity index (χ0n) is 14.9. The number of nitrogens with one attached hydrogen (secondary N) is 1. The molecule has 27 heavy (non-hydrogen) atoms. The SMILES string of the molecule is CN(C)S(=O)(=O)c1ccc(OCCNS(=O)(=O)Cc2ccc(F)cc2)cc1. The minimum Gasteiger partial charge on any atom is -0.492 e. The molecule has 0 amide bonds. The van der Waals surface area contributed by atoms with Crippen LogP contribution in [0.25, 0.3) is 0 Å². The highest BCUT2D eigenvalue weighted by Gasteiger charge is 2.16. The lowest BCUT2D eigenvalue weighted by atomic mass is 10.2. The topological polar surface area (TPSA) is 92.8 Å². The summed E-state index contributed by atoms with van der Waals surface area (Å²) in [5, 5.41) is 0. The van der Waals surface area contributed by atoms with Crippen LogP contribution in [0, 0.1) is 5.82 Å². The maximum Gasteiger partial charge on any atom is 0.242 e. The third-order valence-corrected chi connectivity index (χ3v) is 6.75. The van der Waals surface area contributed by atoms with Gasteiger partial charge in [0.05, 0.1) is 10.6 Å². The summed E-state index contributed by atoms with van der Waals surface area (Å²) >= 11 is 0. The van der Waals surface area contributed by atoms with Crippen molar-refractivity contribution in [1.29, 1.82) is 0 Å². The van der Waals surface area contributed by atoms with Gasteiger partial charge in [-0.3, -0.25) is 0 Å². The zero-order chi connectivity index (χ0) is 20.1. The Morgan fingerprint density at radius 3 is 2.11 bits per heavy atom. The van der Waals surface area contributed by atoms with Gasteiger partial charge in [-0.25, -0.2) is 30.3 Å². The van der Waals surface area contributed by atoms with Crippen LogP contribution in [-0.4, -0.2) is 48.4 Å². The quantitative estimate of drug-likeness (QED) is 0.627. The maximum atomic E-state index is 12.8. The van der Waals surface area contributed by atoms with Crippen LogP contribution in [0.2, 0.25) is 0 Å². The Kier molecular flexibility index (Phi) is 6.93. The molecular formula is C17H21FN2O5S2. The smallest absolute Gasteiger partial charge is 0.242 e. The van der Waals surface area contributed by atoms with Crippen LogP contribution < -0.4 is 9.46 Å². The van der Waals surface area contributed by atoms with Crippen LogP contribution in [0.5, 0.6) is 5.75 Å². The number of rotatable bonds is 9. The van der Waals surface area contributed by atoms with Crippen molar-refractivity contribution in [3.63, 3.8) is 0 Å². The first-order valence-electron chi connectivity index (χ1n) is 7.97. The van der Waals surface area contributed by atoms with Gasteiger partial charge in [0.1, 0.15) is 18.2 Å². The van der Waals surface area contributed by atoms with Gasteiger partial charge < -0.3 is 4.74 Å². The fourth-order valence-electron chi connectivity index (χ4n) is 2.14. The van der Waals surface area contributed by atoms with Crippen LogP contribution in [0.4, 0.5) is 4.39 Å². The summed E-state index contributed by atoms with van der Waals surface area (Å²) in [5.74, 6) is -0.267. The molecule has 0 heterocycles. The third kappa shape index (κ3) is 6.28. The Labute approximate surface area is 158 Å². The van der Waals surface area contributed by atoms with Gasteiger partial charge in [-0.2, -0.15) is 0 Å². The molecule has 10 heteroatoms. The van der Waals surface area contributed by atoms with E-state index in [1.807, 2.05) is 0 Å². The van der Waals surface area contributed by atoms with Crippen LogP contribution >= 0.6 is 0 Å². The van der Waals surface area contributed by atoms with Gasteiger partial charge in [-0.05, 0) is 42.0 Å². The Bertz CT molecular complexity index is 957. The molecule has 0 unspecified atom stereocenters. The summed E-state index contributed by atoms with van der Waals surface area (Å²) in [6.45, 7) is 0.115. The number of benzene rings is 2. The van der Waals surface area contributed by atoms with Gasteiger partial charge in [0.25, 0.3) is 0 Å². The molecule has 0 aliphatic heterocycles. The largest absolute Gasteiger partial charge is 0.492 e. The minimum atomic E-state index is -3.57. The average Bonchev–Trinajstić information content (AvgIpc) is 2.61. The second-order valence-electron chi connectivity index (χ2n) is 5.89. The van der Waals surface area contributed by atoms with Crippen molar-refractivity contribution < 1.29 is 26.0 Å². The summed E-state index contributed by atoms with van der Waals surface area (Å²) in [6.07, 6.45) is 0. The molecule has 2 rings (SSSR count). The summed E-state index contributed by atoms with van der Waals surface area (Å²) in [4.78, 5) is 0.139. The van der Waals surface area contributed by atoms with Crippen molar-refractivity contribution in [2.75, 3.05) is 27.2 Å². The molecule has 2 aromatic carbocycles. The predicted molar refractivity (Wildman–Crippen MR) is 99.8 cm³/mol. The predicted octanol–water partition coefficient (Wildman–Crippen LogP) is 1.57. The highest BCUT2D eigenvalue weighted by atomic mass is 32.2. The van der Waals surface area contributed by atoms with E-state index in [4.69, 9.17) is 4.74 Å². The number of ether oxygens (including phenoxy) is 1. The highest BCUT2D eigenvalue weighted by Crippen LogP contribution is 2.18. The fraction of sp³-hybridized carbons (Fsp3) is 0.294. The van der Waals surface area contributed by atoms with Crippen molar-refractivity contribution in [2.45, 2.75) is 10.6 Å². The monoisotopic (exact) mass is 416 g/mol. The molecule has 0 saturated heterocycles. The van der Waals surface area contributed by atoms with E-state index in [1.165, 1.54) is 62.6 Å². The second kappa shape index (κ2) is 8.79. The molecule has 0 atom stereocenters. The van der Waals surface area contributed by atoms with Crippen LogP contribution in [-0.2, 0) is 25.8 Å². The van der Waals surface area contributed by atoms with E-state index >= 15 is 0 Å². The molecular weight excluding hydrogens is 395 g/mol. The second-order valence-corrected chi connectivity index (χ2v) is 9.85. The molecule has 0 aliphatic carbocycles. The molecule has 0 fully saturated rings. The molecule has 7 nitrogen and oxygen atoms in total. The molecule has 0 aromatic heterocycles. The van der Waals surface area contributed by atoms with Crippen molar-refractivity contribution in [3.05, 3.63) is 59.9 Å². The Hall–Kier alpha value is -2.01. The van der Waals surface area contributed by atoms with Gasteiger partial charge in [-0.1, -0.05) is 12.1 Å². The first-order chi connectivity index (χ1) is 12.6. The van der Waals surface area contributed by atoms with Crippen LogP contribution in [0.3, 0.4) is 0 Å². The van der Waals surface area contributed by atoms with Gasteiger partial charge in [-0.15, -0.1) is 0 Å². The number of sulfonamides is 2. The summed E-state index contributed by atoms with van der Waals surface area (Å²) in [7, 11) is -4.20. The molecule has 148 valence electrons. The molecule has 0 saturated carbocycles. The molecule has 0 spiro atoms. The van der Waals surface area contributed by atoms with E-state index in [-0.39, 0.29) is 23.8 Å². The van der Waals surface area contributed by atoms with Gasteiger partial charge in [0, 0.05) is 20.6 Å². The lowest BCUT2D eigenvalue weighted by Gasteiger charge is -2.12. The highest BCUT2D eigenvalue weighted by molar-refractivity contribution is 7.89. The van der Waals surface area contributed by atoms with E-state index in [2.05, 4.69) is 4.72 Å². The van der Waals surface area contributed by atoms with E-state index in [9.17, 15) is 21.2 Å². The molecule has 0 aliphatic rings. The van der Waals surface area contributed by atoms with Crippen LogP contribution in [0.15, 0.2) is 53.4 Å². The number of halogens is 1. The van der Waals surface area contributed by atoms with Crippen molar-refractivity contribution in [2.24, 2.45) is 0 Å².